The molecule has 1 aliphatic heterocycles. The summed E-state index contributed by atoms with van der Waals surface area (Å²) < 4.78 is 7.06. The lowest BCUT2D eigenvalue weighted by molar-refractivity contribution is 0.0680. The first-order chi connectivity index (χ1) is 17.3. The van der Waals surface area contributed by atoms with E-state index in [1.807, 2.05) is 55.5 Å². The maximum atomic E-state index is 13.4. The van der Waals surface area contributed by atoms with Crippen molar-refractivity contribution in [3.05, 3.63) is 99.0 Å². The summed E-state index contributed by atoms with van der Waals surface area (Å²) in [5.74, 6) is 0.270. The normalized spacial score (nSPS) is 15.4. The Kier molecular flexibility index (Phi) is 7.88. The van der Waals surface area contributed by atoms with Gasteiger partial charge in [-0.15, -0.1) is 0 Å². The topological polar surface area (TPSA) is 80.6 Å². The molecule has 0 radical (unpaired) electrons. The van der Waals surface area contributed by atoms with Crippen molar-refractivity contribution in [1.29, 1.82) is 0 Å². The molecule has 1 N–H and O–H groups in total. The Morgan fingerprint density at radius 2 is 1.81 bits per heavy atom. The van der Waals surface area contributed by atoms with E-state index in [0.717, 1.165) is 29.5 Å². The Bertz CT molecular complexity index is 1300. The molecule has 0 saturated carbocycles. The van der Waals surface area contributed by atoms with Gasteiger partial charge in [0.25, 0.3) is 11.8 Å². The number of aryl methyl sites for hydroxylation is 1. The van der Waals surface area contributed by atoms with Crippen molar-refractivity contribution in [3.63, 3.8) is 0 Å². The van der Waals surface area contributed by atoms with Crippen molar-refractivity contribution in [2.45, 2.75) is 39.8 Å². The summed E-state index contributed by atoms with van der Waals surface area (Å²) >= 11 is 0. The number of nitrogens with one attached hydrogen (secondary N) is 1. The van der Waals surface area contributed by atoms with E-state index in [-0.39, 0.29) is 23.6 Å². The van der Waals surface area contributed by atoms with Crippen LogP contribution < -0.4 is 15.5 Å². The number of carbonyl (C=O) groups is 2. The van der Waals surface area contributed by atoms with Gasteiger partial charge >= 0.3 is 0 Å². The average Bonchev–Trinajstić information content (AvgIpc) is 2.88. The van der Waals surface area contributed by atoms with E-state index in [1.165, 1.54) is 6.20 Å². The van der Waals surface area contributed by atoms with Crippen LogP contribution in [0.4, 0.5) is 0 Å². The van der Waals surface area contributed by atoms with Crippen molar-refractivity contribution in [2.24, 2.45) is 5.92 Å². The molecule has 36 heavy (non-hydrogen) atoms. The summed E-state index contributed by atoms with van der Waals surface area (Å²) in [4.78, 5) is 41.7. The number of aromatic nitrogens is 1. The fraction of sp³-hybridized carbons (Fsp3) is 0.345. The Morgan fingerprint density at radius 1 is 1.06 bits per heavy atom. The smallest absolute Gasteiger partial charge is 0.259 e. The second kappa shape index (κ2) is 11.2. The van der Waals surface area contributed by atoms with Gasteiger partial charge in [-0.3, -0.25) is 14.4 Å². The maximum Gasteiger partial charge on any atom is 0.259 e. The van der Waals surface area contributed by atoms with Gasteiger partial charge in [-0.1, -0.05) is 48.9 Å². The molecule has 2 amide bonds. The zero-order valence-corrected chi connectivity index (χ0v) is 21.1. The first kappa shape index (κ1) is 25.2. The number of benzene rings is 2. The molecule has 7 nitrogen and oxygen atoms in total. The molecule has 1 aliphatic rings. The molecule has 0 bridgehead atoms. The number of methoxy groups -OCH3 is 1. The number of piperidine rings is 1. The Hall–Kier alpha value is -3.87. The first-order valence-corrected chi connectivity index (χ1v) is 12.3. The van der Waals surface area contributed by atoms with Crippen LogP contribution in [0.5, 0.6) is 5.75 Å². The molecule has 0 spiro atoms. The van der Waals surface area contributed by atoms with Crippen LogP contribution in [0.15, 0.2) is 65.7 Å². The van der Waals surface area contributed by atoms with Crippen molar-refractivity contribution < 1.29 is 14.3 Å². The molecule has 188 valence electrons. The molecule has 4 rings (SSSR count). The summed E-state index contributed by atoms with van der Waals surface area (Å²) in [5, 5.41) is 2.84. The number of likely N-dealkylation sites (tertiary alicyclic amines) is 1. The highest BCUT2D eigenvalue weighted by molar-refractivity contribution is 5.99. The summed E-state index contributed by atoms with van der Waals surface area (Å²) in [7, 11) is 1.60. The second-order valence-electron chi connectivity index (χ2n) is 9.61. The fourth-order valence-corrected chi connectivity index (χ4v) is 4.55. The van der Waals surface area contributed by atoms with Gasteiger partial charge in [0.15, 0.2) is 0 Å². The monoisotopic (exact) mass is 487 g/mol. The second-order valence-corrected chi connectivity index (χ2v) is 9.61. The first-order valence-electron chi connectivity index (χ1n) is 12.3. The lowest BCUT2D eigenvalue weighted by atomic mass is 9.99. The number of ether oxygens (including phenoxy) is 1. The van der Waals surface area contributed by atoms with Gasteiger partial charge < -0.3 is 19.5 Å². The van der Waals surface area contributed by atoms with Crippen molar-refractivity contribution in [1.82, 2.24) is 14.8 Å². The zero-order valence-electron chi connectivity index (χ0n) is 21.1. The summed E-state index contributed by atoms with van der Waals surface area (Å²) in [6.45, 7) is 6.00. The van der Waals surface area contributed by atoms with Crippen LogP contribution in [-0.2, 0) is 13.1 Å². The van der Waals surface area contributed by atoms with Crippen LogP contribution in [-0.4, -0.2) is 41.5 Å². The zero-order chi connectivity index (χ0) is 25.7. The standard InChI is InChI=1S/C29H33N3O4/c1-20-9-11-22(12-10-20)15-30-28(34)25-18-31(17-23-7-4-8-24(14-23)36-3)19-26(27(25)33)29(35)32-13-5-6-21(2)16-32/h4,7-12,14,18-19,21H,5-6,13,15-17H2,1-3H3,(H,30,34)/t21-/m1/s1. The van der Waals surface area contributed by atoms with Gasteiger partial charge in [-0.05, 0) is 48.9 Å². The minimum atomic E-state index is -0.540. The van der Waals surface area contributed by atoms with Gasteiger partial charge in [0.1, 0.15) is 16.9 Å². The minimum absolute atomic E-state index is 0.0231. The van der Waals surface area contributed by atoms with Gasteiger partial charge in [0, 0.05) is 38.6 Å². The molecule has 0 aliphatic carbocycles. The highest BCUT2D eigenvalue weighted by atomic mass is 16.5. The predicted molar refractivity (Wildman–Crippen MR) is 139 cm³/mol. The number of nitrogens with zero attached hydrogens (tertiary/aromatic N) is 2. The molecule has 2 aromatic carbocycles. The van der Waals surface area contributed by atoms with E-state index in [1.54, 1.807) is 22.8 Å². The SMILES string of the molecule is COc1cccc(Cn2cc(C(=O)NCc3ccc(C)cc3)c(=O)c(C(=O)N3CCC[C@@H](C)C3)c2)c1. The third-order valence-corrected chi connectivity index (χ3v) is 6.57. The number of carbonyl (C=O) groups excluding carboxylic acids is 2. The van der Waals surface area contributed by atoms with E-state index in [9.17, 15) is 14.4 Å². The van der Waals surface area contributed by atoms with E-state index >= 15 is 0 Å². The van der Waals surface area contributed by atoms with Crippen LogP contribution in [0.1, 0.15) is 57.2 Å². The lowest BCUT2D eigenvalue weighted by Gasteiger charge is -2.31. The van der Waals surface area contributed by atoms with Crippen LogP contribution in [0.25, 0.3) is 0 Å². The molecule has 1 atom stereocenters. The van der Waals surface area contributed by atoms with Gasteiger partial charge in [-0.2, -0.15) is 0 Å². The van der Waals surface area contributed by atoms with Crippen molar-refractivity contribution >= 4 is 11.8 Å². The van der Waals surface area contributed by atoms with Crippen LogP contribution in [0, 0.1) is 12.8 Å². The third-order valence-electron chi connectivity index (χ3n) is 6.57. The summed E-state index contributed by atoms with van der Waals surface area (Å²) in [6, 6.07) is 15.4. The molecular weight excluding hydrogens is 454 g/mol. The maximum absolute atomic E-state index is 13.4. The molecule has 1 fully saturated rings. The molecule has 2 heterocycles. The van der Waals surface area contributed by atoms with Gasteiger partial charge in [0.2, 0.25) is 5.43 Å². The van der Waals surface area contributed by atoms with E-state index in [4.69, 9.17) is 4.74 Å². The molecular formula is C29H33N3O4. The number of pyridine rings is 1. The predicted octanol–water partition coefficient (Wildman–Crippen LogP) is 4.02. The number of rotatable bonds is 7. The average molecular weight is 488 g/mol. The van der Waals surface area contributed by atoms with Crippen LogP contribution >= 0.6 is 0 Å². The Labute approximate surface area is 211 Å². The summed E-state index contributed by atoms with van der Waals surface area (Å²) in [6.07, 6.45) is 5.06. The van der Waals surface area contributed by atoms with Crippen molar-refractivity contribution in [3.8, 4) is 5.75 Å². The summed E-state index contributed by atoms with van der Waals surface area (Å²) in [5.41, 5.74) is 2.43. The van der Waals surface area contributed by atoms with E-state index < -0.39 is 11.3 Å². The largest absolute Gasteiger partial charge is 0.497 e. The van der Waals surface area contributed by atoms with Crippen molar-refractivity contribution in [2.75, 3.05) is 20.2 Å². The molecule has 1 aromatic heterocycles. The Balaban J connectivity index is 1.66. The lowest BCUT2D eigenvalue weighted by Crippen LogP contribution is -2.42. The van der Waals surface area contributed by atoms with E-state index in [0.29, 0.717) is 31.3 Å². The number of hydrogen-bond acceptors (Lipinski definition) is 4. The molecule has 1 saturated heterocycles. The number of hydrogen-bond donors (Lipinski definition) is 1. The minimum Gasteiger partial charge on any atom is -0.497 e. The fourth-order valence-electron chi connectivity index (χ4n) is 4.55. The quantitative estimate of drug-likeness (QED) is 0.546. The molecule has 3 aromatic rings. The van der Waals surface area contributed by atoms with E-state index in [2.05, 4.69) is 12.2 Å². The molecule has 7 heteroatoms. The van der Waals surface area contributed by atoms with Crippen LogP contribution in [0.3, 0.4) is 0 Å². The third kappa shape index (κ3) is 6.03. The highest BCUT2D eigenvalue weighted by Crippen LogP contribution is 2.18. The highest BCUT2D eigenvalue weighted by Gasteiger charge is 2.26. The van der Waals surface area contributed by atoms with Gasteiger partial charge in [-0.25, -0.2) is 0 Å². The van der Waals surface area contributed by atoms with Gasteiger partial charge in [0.05, 0.1) is 7.11 Å². The molecule has 0 unspecified atom stereocenters. The number of amides is 2. The Morgan fingerprint density at radius 3 is 2.53 bits per heavy atom. The van der Waals surface area contributed by atoms with Crippen LogP contribution in [0.2, 0.25) is 0 Å².